The van der Waals surface area contributed by atoms with Crippen LogP contribution < -0.4 is 34.9 Å². The molecule has 0 aromatic rings. The molecule has 0 rings (SSSR count). The van der Waals surface area contributed by atoms with Crippen LogP contribution in [-0.4, -0.2) is 12.1 Å². The number of alkyl halides is 3. The van der Waals surface area contributed by atoms with Crippen molar-refractivity contribution >= 4 is 18.5 Å². The van der Waals surface area contributed by atoms with Crippen molar-refractivity contribution in [3.05, 3.63) is 10.6 Å². The Balaban J connectivity index is 0. The van der Waals surface area contributed by atoms with Crippen LogP contribution in [0.3, 0.4) is 0 Å². The van der Waals surface area contributed by atoms with Gasteiger partial charge in [0, 0.05) is 0 Å². The van der Waals surface area contributed by atoms with Crippen molar-refractivity contribution < 1.29 is 47.5 Å². The van der Waals surface area contributed by atoms with Gasteiger partial charge in [0.2, 0.25) is 0 Å². The predicted octanol–water partition coefficient (Wildman–Crippen LogP) is -2.53. The van der Waals surface area contributed by atoms with Crippen molar-refractivity contribution in [1.82, 2.24) is 5.32 Å². The monoisotopic (exact) mass is 243 g/mol. The van der Waals surface area contributed by atoms with Crippen molar-refractivity contribution in [2.45, 2.75) is 6.18 Å². The zero-order valence-corrected chi connectivity index (χ0v) is 10.2. The summed E-state index contributed by atoms with van der Waals surface area (Å²) in [6, 6.07) is 2.48. The van der Waals surface area contributed by atoms with Gasteiger partial charge in [0.25, 0.3) is 0 Å². The molecule has 0 saturated heterocycles. The number of nitriles is 2. The smallest absolute Gasteiger partial charge is 0.760 e. The Morgan fingerprint density at radius 1 is 1.27 bits per heavy atom. The first-order valence-electron chi connectivity index (χ1n) is 2.92. The maximum Gasteiger partial charge on any atom is 1.00 e. The third-order valence-corrected chi connectivity index (χ3v) is 1.24. The molecule has 1 N–H and O–H groups in total. The summed E-state index contributed by atoms with van der Waals surface area (Å²) >= 11 is 4.20. The van der Waals surface area contributed by atoms with Crippen LogP contribution in [0.5, 0.6) is 0 Å². The predicted molar refractivity (Wildman–Crippen MR) is 39.8 cm³/mol. The Hall–Kier alpha value is -0.800. The summed E-state index contributed by atoms with van der Waals surface area (Å²) in [7, 11) is 0. The molecule has 0 spiro atoms. The molecule has 0 radical (unpaired) electrons. The van der Waals surface area contributed by atoms with Gasteiger partial charge in [-0.25, -0.2) is 0 Å². The van der Waals surface area contributed by atoms with Crippen molar-refractivity contribution in [2.75, 3.05) is 0 Å². The number of carbonyl (C=O) groups is 1. The molecule has 0 heterocycles. The van der Waals surface area contributed by atoms with Gasteiger partial charge in [-0.2, -0.15) is 23.7 Å². The molecule has 0 aromatic heterocycles. The average Bonchev–Trinajstić information content (AvgIpc) is 2.04. The van der Waals surface area contributed by atoms with E-state index in [1.807, 2.05) is 0 Å². The molecule has 1 amide bonds. The van der Waals surface area contributed by atoms with Gasteiger partial charge in [0.15, 0.2) is 0 Å². The van der Waals surface area contributed by atoms with Crippen LogP contribution in [0, 0.1) is 22.7 Å². The molecule has 0 bridgehead atoms. The fourth-order valence-corrected chi connectivity index (χ4v) is 0.547. The van der Waals surface area contributed by atoms with Gasteiger partial charge in [0.1, 0.15) is 17.7 Å². The molecule has 0 aliphatic heterocycles. The van der Waals surface area contributed by atoms with E-state index in [1.165, 1.54) is 17.5 Å². The van der Waals surface area contributed by atoms with Crippen molar-refractivity contribution in [3.8, 4) is 12.1 Å². The topological polar surface area (TPSA) is 76.7 Å². The number of nitrogens with zero attached hydrogens (tertiary/aromatic N) is 2. The molecule has 0 saturated carbocycles. The number of amides is 1. The summed E-state index contributed by atoms with van der Waals surface area (Å²) in [5, 5.41) is 16.7. The number of hydrogen-bond donors (Lipinski definition) is 1. The molecule has 0 aliphatic carbocycles. The minimum absolute atomic E-state index is 0. The maximum absolute atomic E-state index is 11.6. The molecule has 0 fully saturated rings. The van der Waals surface area contributed by atoms with Gasteiger partial charge < -0.3 is 17.9 Å². The number of hydrogen-bond acceptors (Lipinski definition) is 4. The molecule has 0 aromatic carbocycles. The van der Waals surface area contributed by atoms with E-state index in [2.05, 4.69) is 12.6 Å². The van der Waals surface area contributed by atoms with E-state index < -0.39 is 22.7 Å². The van der Waals surface area contributed by atoms with Gasteiger partial charge in [0.05, 0.1) is 0 Å². The summed E-state index contributed by atoms with van der Waals surface area (Å²) in [4.78, 5) is 10.3. The van der Waals surface area contributed by atoms with Crippen LogP contribution in [0.15, 0.2) is 10.6 Å². The summed E-state index contributed by atoms with van der Waals surface area (Å²) < 4.78 is 34.9. The van der Waals surface area contributed by atoms with E-state index in [-0.39, 0.29) is 29.6 Å². The van der Waals surface area contributed by atoms with Gasteiger partial charge in [-0.3, -0.25) is 4.79 Å². The second kappa shape index (κ2) is 6.64. The van der Waals surface area contributed by atoms with Crippen molar-refractivity contribution in [2.24, 2.45) is 0 Å². The minimum atomic E-state index is -5.10. The maximum atomic E-state index is 11.6. The normalized spacial score (nSPS) is 8.87. The third-order valence-electron chi connectivity index (χ3n) is 0.935. The van der Waals surface area contributed by atoms with Crippen LogP contribution in [0.25, 0.3) is 0 Å². The molecular formula is C6HF3N3NaOS. The SMILES string of the molecule is N#CC(C#N)=C([S-])NC(=O)C(F)(F)F.[Na+]. The average molecular weight is 243 g/mol. The Morgan fingerprint density at radius 3 is 1.93 bits per heavy atom. The first kappa shape index (κ1) is 16.6. The van der Waals surface area contributed by atoms with E-state index in [1.54, 1.807) is 0 Å². The van der Waals surface area contributed by atoms with Crippen molar-refractivity contribution in [3.63, 3.8) is 0 Å². The Bertz CT molecular complexity index is 349. The van der Waals surface area contributed by atoms with Gasteiger partial charge in [-0.1, -0.05) is 5.03 Å². The van der Waals surface area contributed by atoms with Gasteiger partial charge in [-0.05, 0) is 0 Å². The zero-order valence-electron chi connectivity index (χ0n) is 7.34. The second-order valence-corrected chi connectivity index (χ2v) is 2.29. The number of allylic oxidation sites excluding steroid dienone is 1. The van der Waals surface area contributed by atoms with Crippen LogP contribution in [0.1, 0.15) is 0 Å². The summed E-state index contributed by atoms with van der Waals surface area (Å²) in [6.07, 6.45) is -5.10. The fourth-order valence-electron chi connectivity index (χ4n) is 0.363. The van der Waals surface area contributed by atoms with E-state index in [9.17, 15) is 18.0 Å². The summed E-state index contributed by atoms with van der Waals surface area (Å²) in [5.74, 6) is -2.31. The van der Waals surface area contributed by atoms with Crippen molar-refractivity contribution in [1.29, 1.82) is 10.5 Å². The van der Waals surface area contributed by atoms with E-state index >= 15 is 0 Å². The Morgan fingerprint density at radius 2 is 1.67 bits per heavy atom. The zero-order chi connectivity index (χ0) is 11.4. The largest absolute Gasteiger partial charge is 1.00 e. The van der Waals surface area contributed by atoms with E-state index in [4.69, 9.17) is 10.5 Å². The number of halogens is 3. The minimum Gasteiger partial charge on any atom is -0.760 e. The quantitative estimate of drug-likeness (QED) is 0.313. The van der Waals surface area contributed by atoms with E-state index in [0.717, 1.165) is 0 Å². The fraction of sp³-hybridized carbons (Fsp3) is 0.167. The molecule has 15 heavy (non-hydrogen) atoms. The molecule has 9 heteroatoms. The standard InChI is InChI=1S/C6H2F3N3OS.Na/c7-6(8,9)5(13)12-4(14)3(1-10)2-11;/h14H,(H,12,13);/q;+1/p-1. The number of carbonyl (C=O) groups excluding carboxylic acids is 1. The van der Waals surface area contributed by atoms with Crippen LogP contribution >= 0.6 is 0 Å². The molecule has 0 unspecified atom stereocenters. The van der Waals surface area contributed by atoms with E-state index in [0.29, 0.717) is 0 Å². The second-order valence-electron chi connectivity index (χ2n) is 1.88. The number of rotatable bonds is 1. The number of nitrogens with one attached hydrogen (secondary N) is 1. The Labute approximate surface area is 110 Å². The van der Waals surface area contributed by atoms with Gasteiger partial charge in [-0.15, -0.1) is 0 Å². The Kier molecular flexibility index (Phi) is 7.36. The van der Waals surface area contributed by atoms with Crippen LogP contribution in [-0.2, 0) is 17.4 Å². The molecule has 0 aliphatic rings. The molecular weight excluding hydrogens is 242 g/mol. The first-order valence-corrected chi connectivity index (χ1v) is 3.33. The van der Waals surface area contributed by atoms with Crippen LogP contribution in [0.4, 0.5) is 13.2 Å². The summed E-state index contributed by atoms with van der Waals surface area (Å²) in [5.41, 5.74) is -0.752. The summed E-state index contributed by atoms with van der Waals surface area (Å²) in [6.45, 7) is 0. The third kappa shape index (κ3) is 5.60. The molecule has 0 atom stereocenters. The molecule has 4 nitrogen and oxygen atoms in total. The first-order chi connectivity index (χ1) is 6.32. The van der Waals surface area contributed by atoms with Gasteiger partial charge >= 0.3 is 41.6 Å². The van der Waals surface area contributed by atoms with Crippen LogP contribution in [0.2, 0.25) is 0 Å². The molecule has 74 valence electrons.